The normalized spacial score (nSPS) is 19.4. The third-order valence-electron chi connectivity index (χ3n) is 2.31. The summed E-state index contributed by atoms with van der Waals surface area (Å²) < 4.78 is 0. The van der Waals surface area contributed by atoms with E-state index in [0.29, 0.717) is 25.2 Å². The largest absolute Gasteiger partial charge is 0.387 e. The number of carbonyl (C=O) groups excluding carboxylic acids is 1. The fraction of sp³-hybridized carbons (Fsp3) is 0.700. The number of hydrogen-bond acceptors (Lipinski definition) is 4. The van der Waals surface area contributed by atoms with Gasteiger partial charge in [-0.3, -0.25) is 9.79 Å². The van der Waals surface area contributed by atoms with Crippen molar-refractivity contribution >= 4 is 11.7 Å². The fourth-order valence-electron chi connectivity index (χ4n) is 1.46. The van der Waals surface area contributed by atoms with Crippen LogP contribution >= 0.6 is 0 Å². The minimum absolute atomic E-state index is 0.0487. The molecule has 1 amide bonds. The molecule has 5 nitrogen and oxygen atoms in total. The van der Waals surface area contributed by atoms with E-state index in [1.54, 1.807) is 0 Å². The Morgan fingerprint density at radius 3 is 3.07 bits per heavy atom. The number of hydrogen-bond donors (Lipinski definition) is 2. The molecule has 3 N–H and O–H groups in total. The Hall–Kier alpha value is -1.57. The van der Waals surface area contributed by atoms with Crippen LogP contribution in [0, 0.1) is 11.3 Å². The van der Waals surface area contributed by atoms with Gasteiger partial charge >= 0.3 is 0 Å². The van der Waals surface area contributed by atoms with Gasteiger partial charge in [0.05, 0.1) is 11.9 Å². The maximum atomic E-state index is 11.5. The Bertz CT molecular complexity index is 292. The average molecular weight is 208 g/mol. The molecule has 1 aliphatic heterocycles. The van der Waals surface area contributed by atoms with Gasteiger partial charge in [0.1, 0.15) is 6.04 Å². The monoisotopic (exact) mass is 208 g/mol. The standard InChI is InChI=1S/C10H16N4O/c11-6-2-1-3-7-13-10(15)8-4-5-9(12)14-8/h8H,1-5,7H2,(H2,12,14)(H,13,15). The highest BCUT2D eigenvalue weighted by molar-refractivity contribution is 5.90. The predicted octanol–water partition coefficient (Wildman–Crippen LogP) is 0.316. The summed E-state index contributed by atoms with van der Waals surface area (Å²) >= 11 is 0. The van der Waals surface area contributed by atoms with E-state index in [1.807, 2.05) is 0 Å². The highest BCUT2D eigenvalue weighted by Crippen LogP contribution is 2.10. The maximum absolute atomic E-state index is 11.5. The zero-order chi connectivity index (χ0) is 11.1. The van der Waals surface area contributed by atoms with Crippen molar-refractivity contribution in [3.8, 4) is 6.07 Å². The van der Waals surface area contributed by atoms with Gasteiger partial charge < -0.3 is 11.1 Å². The lowest BCUT2D eigenvalue weighted by Gasteiger charge is -2.07. The highest BCUT2D eigenvalue weighted by Gasteiger charge is 2.22. The van der Waals surface area contributed by atoms with Gasteiger partial charge in [0, 0.05) is 19.4 Å². The van der Waals surface area contributed by atoms with Crippen molar-refractivity contribution in [2.75, 3.05) is 6.54 Å². The van der Waals surface area contributed by atoms with E-state index in [-0.39, 0.29) is 11.9 Å². The van der Waals surface area contributed by atoms with Crippen LogP contribution in [0.2, 0.25) is 0 Å². The number of rotatable bonds is 5. The lowest BCUT2D eigenvalue weighted by atomic mass is 10.2. The van der Waals surface area contributed by atoms with E-state index in [2.05, 4.69) is 16.4 Å². The summed E-state index contributed by atoms with van der Waals surface area (Å²) in [5.41, 5.74) is 5.49. The highest BCUT2D eigenvalue weighted by atomic mass is 16.2. The number of aliphatic imine (C=N–C) groups is 1. The number of nitrogens with one attached hydrogen (secondary N) is 1. The van der Waals surface area contributed by atoms with Crippen LogP contribution in [0.25, 0.3) is 0 Å². The molecule has 1 heterocycles. The van der Waals surface area contributed by atoms with Crippen LogP contribution in [0.15, 0.2) is 4.99 Å². The molecule has 0 spiro atoms. The molecule has 0 aromatic heterocycles. The molecule has 0 aliphatic carbocycles. The number of unbranched alkanes of at least 4 members (excludes halogenated alkanes) is 2. The summed E-state index contributed by atoms with van der Waals surface area (Å²) in [6, 6.07) is 1.77. The lowest BCUT2D eigenvalue weighted by molar-refractivity contribution is -0.122. The van der Waals surface area contributed by atoms with E-state index in [9.17, 15) is 4.79 Å². The van der Waals surface area contributed by atoms with Crippen molar-refractivity contribution in [3.05, 3.63) is 0 Å². The molecule has 1 atom stereocenters. The molecule has 1 rings (SSSR count). The van der Waals surface area contributed by atoms with E-state index in [4.69, 9.17) is 11.0 Å². The van der Waals surface area contributed by atoms with Crippen LogP contribution in [0.1, 0.15) is 32.1 Å². The minimum atomic E-state index is -0.291. The van der Waals surface area contributed by atoms with Crippen molar-refractivity contribution in [1.29, 1.82) is 5.26 Å². The summed E-state index contributed by atoms with van der Waals surface area (Å²) in [6.07, 6.45) is 3.64. The van der Waals surface area contributed by atoms with Crippen LogP contribution in [-0.2, 0) is 4.79 Å². The van der Waals surface area contributed by atoms with Gasteiger partial charge in [0.15, 0.2) is 0 Å². The first-order valence-corrected chi connectivity index (χ1v) is 5.21. The van der Waals surface area contributed by atoms with Crippen LogP contribution in [0.4, 0.5) is 0 Å². The lowest BCUT2D eigenvalue weighted by Crippen LogP contribution is -2.33. The molecule has 0 radical (unpaired) electrons. The van der Waals surface area contributed by atoms with Crippen molar-refractivity contribution in [2.24, 2.45) is 10.7 Å². The molecule has 0 saturated carbocycles. The second-order valence-electron chi connectivity index (χ2n) is 3.58. The Morgan fingerprint density at radius 1 is 1.67 bits per heavy atom. The van der Waals surface area contributed by atoms with Crippen LogP contribution in [0.3, 0.4) is 0 Å². The van der Waals surface area contributed by atoms with E-state index in [1.165, 1.54) is 0 Å². The van der Waals surface area contributed by atoms with Crippen molar-refractivity contribution in [3.63, 3.8) is 0 Å². The van der Waals surface area contributed by atoms with Gasteiger partial charge in [-0.1, -0.05) is 0 Å². The SMILES string of the molecule is N#CCCCCNC(=O)C1CCC(N)=N1. The Morgan fingerprint density at radius 2 is 2.47 bits per heavy atom. The first-order chi connectivity index (χ1) is 7.24. The second kappa shape index (κ2) is 6.02. The summed E-state index contributed by atoms with van der Waals surface area (Å²) in [5, 5.41) is 11.1. The third kappa shape index (κ3) is 3.98. The van der Waals surface area contributed by atoms with Gasteiger partial charge in [-0.2, -0.15) is 5.26 Å². The van der Waals surface area contributed by atoms with Crippen LogP contribution in [-0.4, -0.2) is 24.3 Å². The zero-order valence-electron chi connectivity index (χ0n) is 8.70. The average Bonchev–Trinajstić information content (AvgIpc) is 2.64. The number of nitrogens with two attached hydrogens (primary N) is 1. The number of amidine groups is 1. The fourth-order valence-corrected chi connectivity index (χ4v) is 1.46. The maximum Gasteiger partial charge on any atom is 0.244 e. The predicted molar refractivity (Wildman–Crippen MR) is 57.1 cm³/mol. The molecule has 0 aromatic carbocycles. The van der Waals surface area contributed by atoms with Crippen molar-refractivity contribution in [2.45, 2.75) is 38.1 Å². The Labute approximate surface area is 89.4 Å². The van der Waals surface area contributed by atoms with Gasteiger partial charge in [0.25, 0.3) is 0 Å². The van der Waals surface area contributed by atoms with Crippen LogP contribution < -0.4 is 11.1 Å². The van der Waals surface area contributed by atoms with Gasteiger partial charge in [-0.15, -0.1) is 0 Å². The minimum Gasteiger partial charge on any atom is -0.387 e. The summed E-state index contributed by atoms with van der Waals surface area (Å²) in [6.45, 7) is 0.617. The molecule has 0 fully saturated rings. The quantitative estimate of drug-likeness (QED) is 0.637. The molecule has 5 heteroatoms. The van der Waals surface area contributed by atoms with E-state index in [0.717, 1.165) is 19.3 Å². The number of nitrogens with zero attached hydrogens (tertiary/aromatic N) is 2. The van der Waals surface area contributed by atoms with E-state index < -0.39 is 0 Å². The van der Waals surface area contributed by atoms with Gasteiger partial charge in [-0.25, -0.2) is 0 Å². The number of nitriles is 1. The first-order valence-electron chi connectivity index (χ1n) is 5.21. The topological polar surface area (TPSA) is 91.3 Å². The van der Waals surface area contributed by atoms with Crippen LogP contribution in [0.5, 0.6) is 0 Å². The third-order valence-corrected chi connectivity index (χ3v) is 2.31. The van der Waals surface area contributed by atoms with Gasteiger partial charge in [0.2, 0.25) is 5.91 Å². The summed E-state index contributed by atoms with van der Waals surface area (Å²) in [5.74, 6) is 0.520. The number of carbonyl (C=O) groups is 1. The molecule has 1 unspecified atom stereocenters. The molecule has 1 aliphatic rings. The van der Waals surface area contributed by atoms with Crippen molar-refractivity contribution in [1.82, 2.24) is 5.32 Å². The summed E-state index contributed by atoms with van der Waals surface area (Å²) in [7, 11) is 0. The molecular formula is C10H16N4O. The zero-order valence-corrected chi connectivity index (χ0v) is 8.70. The molecule has 15 heavy (non-hydrogen) atoms. The molecule has 82 valence electrons. The van der Waals surface area contributed by atoms with Crippen molar-refractivity contribution < 1.29 is 4.79 Å². The first kappa shape index (κ1) is 11.5. The summed E-state index contributed by atoms with van der Waals surface area (Å²) in [4.78, 5) is 15.5. The second-order valence-corrected chi connectivity index (χ2v) is 3.58. The Kier molecular flexibility index (Phi) is 4.61. The van der Waals surface area contributed by atoms with Gasteiger partial charge in [-0.05, 0) is 19.3 Å². The van der Waals surface area contributed by atoms with E-state index >= 15 is 0 Å². The Balaban J connectivity index is 2.12. The number of amides is 1. The molecule has 0 aromatic rings. The molecule has 0 bridgehead atoms. The molecule has 0 saturated heterocycles. The smallest absolute Gasteiger partial charge is 0.244 e. The molecular weight excluding hydrogens is 192 g/mol.